The van der Waals surface area contributed by atoms with Crippen LogP contribution in [-0.2, 0) is 28.0 Å². The SMILES string of the molecule is COC(=O)Cc1csc(COc2ccc(C(C)(C)C)cc2)n1. The molecule has 0 amide bonds. The number of carbonyl (C=O) groups excluding carboxylic acids is 1. The quantitative estimate of drug-likeness (QED) is 0.788. The zero-order valence-electron chi connectivity index (χ0n) is 13.4. The van der Waals surface area contributed by atoms with Crippen molar-refractivity contribution in [3.63, 3.8) is 0 Å². The molecule has 0 atom stereocenters. The van der Waals surface area contributed by atoms with Crippen LogP contribution >= 0.6 is 11.3 Å². The van der Waals surface area contributed by atoms with Crippen LogP contribution in [-0.4, -0.2) is 18.1 Å². The fourth-order valence-electron chi connectivity index (χ4n) is 1.91. The Hall–Kier alpha value is -1.88. The van der Waals surface area contributed by atoms with Gasteiger partial charge in [-0.25, -0.2) is 4.98 Å². The lowest BCUT2D eigenvalue weighted by Gasteiger charge is -2.19. The zero-order chi connectivity index (χ0) is 16.2. The Morgan fingerprint density at radius 1 is 1.23 bits per heavy atom. The fourth-order valence-corrected chi connectivity index (χ4v) is 2.62. The van der Waals surface area contributed by atoms with Gasteiger partial charge in [0.2, 0.25) is 0 Å². The van der Waals surface area contributed by atoms with E-state index >= 15 is 0 Å². The maximum atomic E-state index is 11.2. The molecule has 5 heteroatoms. The predicted octanol–water partition coefficient (Wildman–Crippen LogP) is 3.74. The maximum absolute atomic E-state index is 11.2. The van der Waals surface area contributed by atoms with E-state index in [-0.39, 0.29) is 17.8 Å². The zero-order valence-corrected chi connectivity index (χ0v) is 14.2. The molecule has 0 fully saturated rings. The number of benzene rings is 1. The minimum Gasteiger partial charge on any atom is -0.486 e. The van der Waals surface area contributed by atoms with Gasteiger partial charge in [-0.15, -0.1) is 11.3 Å². The van der Waals surface area contributed by atoms with Gasteiger partial charge in [-0.05, 0) is 23.1 Å². The maximum Gasteiger partial charge on any atom is 0.311 e. The van der Waals surface area contributed by atoms with E-state index in [1.54, 1.807) is 0 Å². The van der Waals surface area contributed by atoms with Crippen molar-refractivity contribution < 1.29 is 14.3 Å². The summed E-state index contributed by atoms with van der Waals surface area (Å²) >= 11 is 1.48. The highest BCUT2D eigenvalue weighted by Gasteiger charge is 2.13. The van der Waals surface area contributed by atoms with Gasteiger partial charge in [0.05, 0.1) is 19.2 Å². The van der Waals surface area contributed by atoms with Crippen molar-refractivity contribution in [2.75, 3.05) is 7.11 Å². The Balaban J connectivity index is 1.91. The van der Waals surface area contributed by atoms with Crippen LogP contribution in [0, 0.1) is 0 Å². The summed E-state index contributed by atoms with van der Waals surface area (Å²) in [6.45, 7) is 6.95. The molecular formula is C17H21NO3S. The average molecular weight is 319 g/mol. The number of nitrogens with zero attached hydrogens (tertiary/aromatic N) is 1. The molecule has 1 aromatic heterocycles. The lowest BCUT2D eigenvalue weighted by Crippen LogP contribution is -2.10. The van der Waals surface area contributed by atoms with Crippen LogP contribution < -0.4 is 4.74 Å². The van der Waals surface area contributed by atoms with E-state index < -0.39 is 0 Å². The fraction of sp³-hybridized carbons (Fsp3) is 0.412. The Bertz CT molecular complexity index is 626. The number of aromatic nitrogens is 1. The highest BCUT2D eigenvalue weighted by atomic mass is 32.1. The number of rotatable bonds is 5. The third-order valence-corrected chi connectivity index (χ3v) is 4.11. The number of esters is 1. The van der Waals surface area contributed by atoms with Gasteiger partial charge in [0.15, 0.2) is 0 Å². The second kappa shape index (κ2) is 6.92. The summed E-state index contributed by atoms with van der Waals surface area (Å²) in [6.07, 6.45) is 0.202. The molecule has 118 valence electrons. The number of ether oxygens (including phenoxy) is 2. The molecule has 0 aliphatic carbocycles. The summed E-state index contributed by atoms with van der Waals surface area (Å²) in [5, 5.41) is 2.71. The van der Waals surface area contributed by atoms with Crippen LogP contribution in [0.1, 0.15) is 37.0 Å². The molecule has 1 heterocycles. The van der Waals surface area contributed by atoms with E-state index in [9.17, 15) is 4.79 Å². The smallest absolute Gasteiger partial charge is 0.311 e. The summed E-state index contributed by atoms with van der Waals surface area (Å²) in [5.41, 5.74) is 2.13. The Kier molecular flexibility index (Phi) is 5.19. The highest BCUT2D eigenvalue weighted by Crippen LogP contribution is 2.24. The van der Waals surface area contributed by atoms with Crippen molar-refractivity contribution in [3.8, 4) is 5.75 Å². The largest absolute Gasteiger partial charge is 0.486 e. The molecule has 2 aromatic rings. The first-order valence-electron chi connectivity index (χ1n) is 7.12. The van der Waals surface area contributed by atoms with Gasteiger partial charge in [-0.2, -0.15) is 0 Å². The second-order valence-electron chi connectivity index (χ2n) is 6.05. The van der Waals surface area contributed by atoms with Crippen LogP contribution in [0.4, 0.5) is 0 Å². The Morgan fingerprint density at radius 3 is 2.50 bits per heavy atom. The van der Waals surface area contributed by atoms with Gasteiger partial charge in [-0.3, -0.25) is 4.79 Å². The minimum absolute atomic E-state index is 0.136. The van der Waals surface area contributed by atoms with Crippen LogP contribution in [0.5, 0.6) is 5.75 Å². The molecule has 0 bridgehead atoms. The van der Waals surface area contributed by atoms with Crippen LogP contribution in [0.15, 0.2) is 29.6 Å². The summed E-state index contributed by atoms with van der Waals surface area (Å²) in [4.78, 5) is 15.6. The monoisotopic (exact) mass is 319 g/mol. The van der Waals surface area contributed by atoms with Crippen molar-refractivity contribution >= 4 is 17.3 Å². The van der Waals surface area contributed by atoms with Crippen LogP contribution in [0.2, 0.25) is 0 Å². The topological polar surface area (TPSA) is 48.4 Å². The number of hydrogen-bond donors (Lipinski definition) is 0. The van der Waals surface area contributed by atoms with Crippen LogP contribution in [0.25, 0.3) is 0 Å². The van der Waals surface area contributed by atoms with Gasteiger partial charge in [-0.1, -0.05) is 32.9 Å². The van der Waals surface area contributed by atoms with E-state index in [1.807, 2.05) is 17.5 Å². The first kappa shape index (κ1) is 16.5. The molecule has 0 spiro atoms. The van der Waals surface area contributed by atoms with E-state index in [0.717, 1.165) is 16.5 Å². The van der Waals surface area contributed by atoms with Gasteiger partial charge in [0.1, 0.15) is 17.4 Å². The summed E-state index contributed by atoms with van der Waals surface area (Å²) in [6, 6.07) is 8.12. The van der Waals surface area contributed by atoms with E-state index in [4.69, 9.17) is 4.74 Å². The molecule has 22 heavy (non-hydrogen) atoms. The number of carbonyl (C=O) groups is 1. The molecular weight excluding hydrogens is 298 g/mol. The van der Waals surface area contributed by atoms with Gasteiger partial charge in [0, 0.05) is 5.38 Å². The van der Waals surface area contributed by atoms with Crippen molar-refractivity contribution in [3.05, 3.63) is 45.9 Å². The molecule has 0 radical (unpaired) electrons. The molecule has 0 saturated carbocycles. The number of methoxy groups -OCH3 is 1. The van der Waals surface area contributed by atoms with Crippen molar-refractivity contribution in [2.45, 2.75) is 39.2 Å². The molecule has 0 aliphatic heterocycles. The standard InChI is InChI=1S/C17H21NO3S/c1-17(2,3)12-5-7-14(8-6-12)21-10-15-18-13(11-22-15)9-16(19)20-4/h5-8,11H,9-10H2,1-4H3. The van der Waals surface area contributed by atoms with E-state index in [2.05, 4.69) is 42.6 Å². The summed E-state index contributed by atoms with van der Waals surface area (Å²) < 4.78 is 10.4. The minimum atomic E-state index is -0.282. The average Bonchev–Trinajstić information content (AvgIpc) is 2.92. The lowest BCUT2D eigenvalue weighted by atomic mass is 9.87. The van der Waals surface area contributed by atoms with Crippen molar-refractivity contribution in [2.24, 2.45) is 0 Å². The molecule has 0 unspecified atom stereocenters. The molecule has 2 rings (SSSR count). The van der Waals surface area contributed by atoms with Crippen molar-refractivity contribution in [1.82, 2.24) is 4.98 Å². The van der Waals surface area contributed by atoms with Gasteiger partial charge < -0.3 is 9.47 Å². The predicted molar refractivity (Wildman–Crippen MR) is 87.3 cm³/mol. The third-order valence-electron chi connectivity index (χ3n) is 3.24. The molecule has 0 N–H and O–H groups in total. The van der Waals surface area contributed by atoms with Crippen molar-refractivity contribution in [1.29, 1.82) is 0 Å². The highest BCUT2D eigenvalue weighted by molar-refractivity contribution is 7.09. The normalized spacial score (nSPS) is 11.3. The molecule has 0 saturated heterocycles. The molecule has 4 nitrogen and oxygen atoms in total. The number of hydrogen-bond acceptors (Lipinski definition) is 5. The molecule has 0 aliphatic rings. The number of thiazole rings is 1. The van der Waals surface area contributed by atoms with Gasteiger partial charge >= 0.3 is 5.97 Å². The van der Waals surface area contributed by atoms with Gasteiger partial charge in [0.25, 0.3) is 0 Å². The summed E-state index contributed by atoms with van der Waals surface area (Å²) in [7, 11) is 1.37. The van der Waals surface area contributed by atoms with E-state index in [1.165, 1.54) is 24.0 Å². The van der Waals surface area contributed by atoms with Crippen LogP contribution in [0.3, 0.4) is 0 Å². The second-order valence-corrected chi connectivity index (χ2v) is 6.99. The van der Waals surface area contributed by atoms with E-state index in [0.29, 0.717) is 6.61 Å². The lowest BCUT2D eigenvalue weighted by molar-refractivity contribution is -0.139. The first-order valence-corrected chi connectivity index (χ1v) is 8.00. The third kappa shape index (κ3) is 4.56. The Morgan fingerprint density at radius 2 is 1.91 bits per heavy atom. The first-order chi connectivity index (χ1) is 10.4. The summed E-state index contributed by atoms with van der Waals surface area (Å²) in [5.74, 6) is 0.535. The molecule has 1 aromatic carbocycles. The Labute approximate surface area is 135 Å².